The molecule has 7 heteroatoms. The van der Waals surface area contributed by atoms with Crippen molar-refractivity contribution in [3.8, 4) is 0 Å². The molecule has 0 atom stereocenters. The van der Waals surface area contributed by atoms with E-state index in [-0.39, 0.29) is 16.7 Å². The normalized spacial score (nSPS) is 11.7. The second-order valence-electron chi connectivity index (χ2n) is 3.26. The molecule has 1 heterocycles. The van der Waals surface area contributed by atoms with Gasteiger partial charge in [0.05, 0.1) is 22.8 Å². The molecule has 0 aliphatic rings. The molecule has 4 nitrogen and oxygen atoms in total. The number of benzene rings is 1. The van der Waals surface area contributed by atoms with Crippen molar-refractivity contribution in [3.63, 3.8) is 0 Å². The van der Waals surface area contributed by atoms with E-state index in [1.54, 1.807) is 0 Å². The summed E-state index contributed by atoms with van der Waals surface area (Å²) < 4.78 is 37.1. The van der Waals surface area contributed by atoms with Crippen molar-refractivity contribution in [2.75, 3.05) is 0 Å². The first-order valence-corrected chi connectivity index (χ1v) is 4.45. The summed E-state index contributed by atoms with van der Waals surface area (Å²) in [6, 6.07) is 2.76. The van der Waals surface area contributed by atoms with Crippen LogP contribution in [-0.4, -0.2) is 21.0 Å². The Morgan fingerprint density at radius 1 is 1.24 bits per heavy atom. The van der Waals surface area contributed by atoms with Crippen LogP contribution in [0.15, 0.2) is 24.4 Å². The quantitative estimate of drug-likeness (QED) is 0.833. The fourth-order valence-corrected chi connectivity index (χ4v) is 1.29. The van der Waals surface area contributed by atoms with Crippen LogP contribution < -0.4 is 0 Å². The van der Waals surface area contributed by atoms with Crippen LogP contribution in [0.25, 0.3) is 11.0 Å². The van der Waals surface area contributed by atoms with Crippen LogP contribution in [0.2, 0.25) is 0 Å². The van der Waals surface area contributed by atoms with Gasteiger partial charge in [-0.2, -0.15) is 13.2 Å². The van der Waals surface area contributed by atoms with Gasteiger partial charge in [-0.15, -0.1) is 0 Å². The number of carbonyl (C=O) groups is 1. The Kier molecular flexibility index (Phi) is 2.45. The standard InChI is InChI=1S/C10H5F3N2O2/c11-10(12,13)5-1-2-6-7(3-5)14-4-8(15-6)9(16)17/h1-4H,(H,16,17). The fraction of sp³-hybridized carbons (Fsp3) is 0.100. The average Bonchev–Trinajstić information content (AvgIpc) is 2.26. The van der Waals surface area contributed by atoms with Crippen molar-refractivity contribution in [1.29, 1.82) is 0 Å². The van der Waals surface area contributed by atoms with Gasteiger partial charge in [0.1, 0.15) is 0 Å². The summed E-state index contributed by atoms with van der Waals surface area (Å²) in [6.07, 6.45) is -3.54. The molecule has 0 saturated heterocycles. The minimum absolute atomic E-state index is 0.00447. The van der Waals surface area contributed by atoms with E-state index in [0.717, 1.165) is 24.4 Å². The van der Waals surface area contributed by atoms with Crippen molar-refractivity contribution in [3.05, 3.63) is 35.7 Å². The second-order valence-corrected chi connectivity index (χ2v) is 3.26. The molecular formula is C10H5F3N2O2. The SMILES string of the molecule is O=C(O)c1cnc2cc(C(F)(F)F)ccc2n1. The molecule has 1 aromatic carbocycles. The zero-order chi connectivity index (χ0) is 12.6. The van der Waals surface area contributed by atoms with Gasteiger partial charge in [0.15, 0.2) is 5.69 Å². The van der Waals surface area contributed by atoms with Gasteiger partial charge in [-0.3, -0.25) is 4.98 Å². The third-order valence-corrected chi connectivity index (χ3v) is 2.09. The highest BCUT2D eigenvalue weighted by Gasteiger charge is 2.30. The number of hydrogen-bond acceptors (Lipinski definition) is 3. The van der Waals surface area contributed by atoms with Crippen molar-refractivity contribution in [2.24, 2.45) is 0 Å². The molecule has 0 amide bonds. The highest BCUT2D eigenvalue weighted by atomic mass is 19.4. The number of carboxylic acid groups (broad SMARTS) is 1. The van der Waals surface area contributed by atoms with Gasteiger partial charge in [0, 0.05) is 0 Å². The van der Waals surface area contributed by atoms with E-state index in [1.165, 1.54) is 0 Å². The summed E-state index contributed by atoms with van der Waals surface area (Å²) in [7, 11) is 0. The highest BCUT2D eigenvalue weighted by Crippen LogP contribution is 2.30. The maximum atomic E-state index is 12.4. The minimum atomic E-state index is -4.46. The topological polar surface area (TPSA) is 63.1 Å². The Hall–Kier alpha value is -2.18. The number of carboxylic acids is 1. The number of halogens is 3. The first-order valence-electron chi connectivity index (χ1n) is 4.45. The maximum absolute atomic E-state index is 12.4. The smallest absolute Gasteiger partial charge is 0.416 e. The number of aromatic nitrogens is 2. The molecule has 0 saturated carbocycles. The molecule has 1 N–H and O–H groups in total. The zero-order valence-corrected chi connectivity index (χ0v) is 8.19. The van der Waals surface area contributed by atoms with Gasteiger partial charge in [-0.25, -0.2) is 9.78 Å². The number of nitrogens with zero attached hydrogens (tertiary/aromatic N) is 2. The summed E-state index contributed by atoms with van der Waals surface area (Å²) in [6.45, 7) is 0. The van der Waals surface area contributed by atoms with Gasteiger partial charge < -0.3 is 5.11 Å². The van der Waals surface area contributed by atoms with Crippen LogP contribution in [0.4, 0.5) is 13.2 Å². The Morgan fingerprint density at radius 2 is 1.94 bits per heavy atom. The summed E-state index contributed by atoms with van der Waals surface area (Å²) in [5, 5.41) is 8.65. The molecule has 2 rings (SSSR count). The Bertz CT molecular complexity index is 596. The lowest BCUT2D eigenvalue weighted by Crippen LogP contribution is -2.06. The summed E-state index contributed by atoms with van der Waals surface area (Å²) >= 11 is 0. The lowest BCUT2D eigenvalue weighted by molar-refractivity contribution is -0.137. The van der Waals surface area contributed by atoms with Crippen LogP contribution in [0.5, 0.6) is 0 Å². The third-order valence-electron chi connectivity index (χ3n) is 2.09. The molecule has 2 aromatic rings. The number of aromatic carboxylic acids is 1. The molecule has 0 spiro atoms. The predicted octanol–water partition coefficient (Wildman–Crippen LogP) is 2.35. The van der Waals surface area contributed by atoms with Gasteiger partial charge in [-0.05, 0) is 18.2 Å². The van der Waals surface area contributed by atoms with Crippen LogP contribution in [0.3, 0.4) is 0 Å². The highest BCUT2D eigenvalue weighted by molar-refractivity contribution is 5.87. The van der Waals surface area contributed by atoms with E-state index in [4.69, 9.17) is 5.11 Å². The molecule has 88 valence electrons. The number of hydrogen-bond donors (Lipinski definition) is 1. The lowest BCUT2D eigenvalue weighted by atomic mass is 10.2. The third kappa shape index (κ3) is 2.17. The maximum Gasteiger partial charge on any atom is 0.416 e. The molecular weight excluding hydrogens is 237 g/mol. The molecule has 17 heavy (non-hydrogen) atoms. The number of alkyl halides is 3. The molecule has 0 aliphatic heterocycles. The monoisotopic (exact) mass is 242 g/mol. The van der Waals surface area contributed by atoms with E-state index >= 15 is 0 Å². The van der Waals surface area contributed by atoms with Gasteiger partial charge in [0.2, 0.25) is 0 Å². The molecule has 1 aromatic heterocycles. The first kappa shape index (κ1) is 11.3. The number of rotatable bonds is 1. The minimum Gasteiger partial charge on any atom is -0.476 e. The summed E-state index contributed by atoms with van der Waals surface area (Å²) in [5.41, 5.74) is -1.04. The van der Waals surface area contributed by atoms with Crippen LogP contribution in [0, 0.1) is 0 Å². The Morgan fingerprint density at radius 3 is 2.53 bits per heavy atom. The molecule has 0 unspecified atom stereocenters. The fourth-order valence-electron chi connectivity index (χ4n) is 1.29. The van der Waals surface area contributed by atoms with Crippen molar-refractivity contribution < 1.29 is 23.1 Å². The van der Waals surface area contributed by atoms with Gasteiger partial charge in [0.25, 0.3) is 0 Å². The largest absolute Gasteiger partial charge is 0.476 e. The van der Waals surface area contributed by atoms with Gasteiger partial charge in [-0.1, -0.05) is 0 Å². The Labute approximate surface area is 92.7 Å². The van der Waals surface area contributed by atoms with Crippen LogP contribution in [0.1, 0.15) is 16.1 Å². The summed E-state index contributed by atoms with van der Waals surface area (Å²) in [4.78, 5) is 17.9. The van der Waals surface area contributed by atoms with Crippen molar-refractivity contribution >= 4 is 17.0 Å². The average molecular weight is 242 g/mol. The van der Waals surface area contributed by atoms with Gasteiger partial charge >= 0.3 is 12.1 Å². The number of fused-ring (bicyclic) bond motifs is 1. The van der Waals surface area contributed by atoms with Crippen molar-refractivity contribution in [2.45, 2.75) is 6.18 Å². The van der Waals surface area contributed by atoms with Crippen LogP contribution in [-0.2, 0) is 6.18 Å². The van der Waals surface area contributed by atoms with Crippen LogP contribution >= 0.6 is 0 Å². The van der Waals surface area contributed by atoms with E-state index in [9.17, 15) is 18.0 Å². The molecule has 0 aliphatic carbocycles. The van der Waals surface area contributed by atoms with E-state index < -0.39 is 17.7 Å². The molecule has 0 radical (unpaired) electrons. The Balaban J connectivity index is 2.58. The molecule has 0 bridgehead atoms. The van der Waals surface area contributed by atoms with Crippen molar-refractivity contribution in [1.82, 2.24) is 9.97 Å². The second kappa shape index (κ2) is 3.69. The first-order chi connectivity index (χ1) is 7.88. The predicted molar refractivity (Wildman–Crippen MR) is 51.5 cm³/mol. The van der Waals surface area contributed by atoms with E-state index in [2.05, 4.69) is 9.97 Å². The van der Waals surface area contributed by atoms with E-state index in [0.29, 0.717) is 0 Å². The molecule has 0 fully saturated rings. The lowest BCUT2D eigenvalue weighted by Gasteiger charge is -2.06. The van der Waals surface area contributed by atoms with E-state index in [1.807, 2.05) is 0 Å². The summed E-state index contributed by atoms with van der Waals surface area (Å²) in [5.74, 6) is -1.28. The zero-order valence-electron chi connectivity index (χ0n) is 8.19.